The highest BCUT2D eigenvalue weighted by Crippen LogP contribution is 2.17. The van der Waals surface area contributed by atoms with Crippen LogP contribution in [0.5, 0.6) is 0 Å². The summed E-state index contributed by atoms with van der Waals surface area (Å²) in [5, 5.41) is 2.75. The summed E-state index contributed by atoms with van der Waals surface area (Å²) in [6.07, 6.45) is 2.21. The lowest BCUT2D eigenvalue weighted by atomic mass is 10.1. The lowest BCUT2D eigenvalue weighted by Gasteiger charge is -2.11. The van der Waals surface area contributed by atoms with Gasteiger partial charge in [0.05, 0.1) is 4.90 Å². The number of nitrogens with one attached hydrogen (secondary N) is 2. The molecule has 8 heteroatoms. The van der Waals surface area contributed by atoms with Crippen LogP contribution in [0.25, 0.3) is 0 Å². The molecule has 0 radical (unpaired) electrons. The molecule has 1 heterocycles. The van der Waals surface area contributed by atoms with Crippen LogP contribution in [0, 0.1) is 12.8 Å². The van der Waals surface area contributed by atoms with Crippen LogP contribution in [0.1, 0.15) is 26.0 Å². The van der Waals surface area contributed by atoms with Crippen molar-refractivity contribution in [3.8, 4) is 0 Å². The number of aryl methyl sites for hydroxylation is 1. The number of benzene rings is 1. The summed E-state index contributed by atoms with van der Waals surface area (Å²) in [5.41, 5.74) is 1.21. The van der Waals surface area contributed by atoms with Crippen molar-refractivity contribution >= 4 is 27.6 Å². The Labute approximate surface area is 141 Å². The van der Waals surface area contributed by atoms with E-state index < -0.39 is 10.0 Å². The number of sulfonamides is 1. The van der Waals surface area contributed by atoms with Crippen LogP contribution in [0.15, 0.2) is 41.4 Å². The molecule has 0 spiro atoms. The van der Waals surface area contributed by atoms with Gasteiger partial charge in [0, 0.05) is 23.5 Å². The normalized spacial score (nSPS) is 12.5. The van der Waals surface area contributed by atoms with Gasteiger partial charge in [-0.3, -0.25) is 4.79 Å². The summed E-state index contributed by atoms with van der Waals surface area (Å²) in [5.74, 6) is -0.183. The van der Waals surface area contributed by atoms with Crippen LogP contribution in [0.3, 0.4) is 0 Å². The minimum Gasteiger partial charge on any atom is -0.326 e. The zero-order valence-corrected chi connectivity index (χ0v) is 14.6. The highest BCUT2D eigenvalue weighted by molar-refractivity contribution is 7.92. The fourth-order valence-corrected chi connectivity index (χ4v) is 2.80. The van der Waals surface area contributed by atoms with Gasteiger partial charge in [0.2, 0.25) is 11.9 Å². The number of nitrogens with zero attached hydrogens (tertiary/aromatic N) is 2. The zero-order valence-electron chi connectivity index (χ0n) is 13.8. The van der Waals surface area contributed by atoms with Gasteiger partial charge in [0.1, 0.15) is 0 Å². The summed E-state index contributed by atoms with van der Waals surface area (Å²) in [7, 11) is -3.78. The molecular formula is C16H20N4O3S. The van der Waals surface area contributed by atoms with E-state index in [1.807, 2.05) is 13.8 Å². The Hall–Kier alpha value is -2.48. The van der Waals surface area contributed by atoms with Crippen LogP contribution in [0.4, 0.5) is 11.6 Å². The molecule has 7 nitrogen and oxygen atoms in total. The number of hydrogen-bond acceptors (Lipinski definition) is 5. The van der Waals surface area contributed by atoms with E-state index in [-0.39, 0.29) is 22.7 Å². The van der Waals surface area contributed by atoms with Gasteiger partial charge in [-0.25, -0.2) is 23.1 Å². The van der Waals surface area contributed by atoms with E-state index in [1.54, 1.807) is 25.1 Å². The molecule has 0 bridgehead atoms. The second-order valence-electron chi connectivity index (χ2n) is 5.45. The second-order valence-corrected chi connectivity index (χ2v) is 7.13. The van der Waals surface area contributed by atoms with Crippen molar-refractivity contribution in [1.82, 2.24) is 9.97 Å². The van der Waals surface area contributed by atoms with Crippen molar-refractivity contribution < 1.29 is 13.2 Å². The smallest absolute Gasteiger partial charge is 0.264 e. The fraction of sp³-hybridized carbons (Fsp3) is 0.312. The molecule has 24 heavy (non-hydrogen) atoms. The van der Waals surface area contributed by atoms with Crippen LogP contribution < -0.4 is 10.0 Å². The predicted molar refractivity (Wildman–Crippen MR) is 92.1 cm³/mol. The van der Waals surface area contributed by atoms with E-state index in [2.05, 4.69) is 20.0 Å². The minimum absolute atomic E-state index is 0.0177. The number of aromatic nitrogens is 2. The number of anilines is 2. The average Bonchev–Trinajstić information content (AvgIpc) is 2.54. The Bertz CT molecular complexity index is 819. The van der Waals surface area contributed by atoms with Gasteiger partial charge < -0.3 is 5.32 Å². The molecule has 2 aromatic rings. The molecule has 0 saturated carbocycles. The largest absolute Gasteiger partial charge is 0.326 e. The van der Waals surface area contributed by atoms with E-state index in [9.17, 15) is 13.2 Å². The summed E-state index contributed by atoms with van der Waals surface area (Å²) in [6.45, 7) is 5.51. The van der Waals surface area contributed by atoms with Crippen molar-refractivity contribution in [1.29, 1.82) is 0 Å². The minimum atomic E-state index is -3.78. The first kappa shape index (κ1) is 17.9. The first-order valence-corrected chi connectivity index (χ1v) is 9.03. The predicted octanol–water partition coefficient (Wildman–Crippen LogP) is 2.57. The van der Waals surface area contributed by atoms with Crippen LogP contribution in [-0.2, 0) is 14.8 Å². The summed E-state index contributed by atoms with van der Waals surface area (Å²) in [4.78, 5) is 19.8. The molecule has 128 valence electrons. The maximum atomic E-state index is 12.3. The quantitative estimate of drug-likeness (QED) is 0.835. The fourth-order valence-electron chi connectivity index (χ4n) is 1.85. The van der Waals surface area contributed by atoms with E-state index in [0.29, 0.717) is 11.4 Å². The van der Waals surface area contributed by atoms with E-state index in [4.69, 9.17) is 0 Å². The number of rotatable bonds is 6. The number of carbonyl (C=O) groups is 1. The summed E-state index contributed by atoms with van der Waals surface area (Å²) < 4.78 is 27.0. The van der Waals surface area contributed by atoms with E-state index in [0.717, 1.165) is 6.42 Å². The van der Waals surface area contributed by atoms with Gasteiger partial charge in [-0.1, -0.05) is 13.8 Å². The van der Waals surface area contributed by atoms with Crippen molar-refractivity contribution in [3.63, 3.8) is 0 Å². The molecule has 2 N–H and O–H groups in total. The van der Waals surface area contributed by atoms with Gasteiger partial charge in [0.25, 0.3) is 10.0 Å². The third-order valence-electron chi connectivity index (χ3n) is 3.51. The molecular weight excluding hydrogens is 328 g/mol. The van der Waals surface area contributed by atoms with Crippen molar-refractivity contribution in [3.05, 3.63) is 42.2 Å². The molecule has 2 rings (SSSR count). The van der Waals surface area contributed by atoms with Gasteiger partial charge in [-0.2, -0.15) is 0 Å². The lowest BCUT2D eigenvalue weighted by molar-refractivity contribution is -0.119. The Kier molecular flexibility index (Phi) is 5.50. The number of hydrogen-bond donors (Lipinski definition) is 2. The van der Waals surface area contributed by atoms with Crippen LogP contribution in [0.2, 0.25) is 0 Å². The molecule has 1 aromatic carbocycles. The first-order chi connectivity index (χ1) is 11.3. The first-order valence-electron chi connectivity index (χ1n) is 7.55. The second kappa shape index (κ2) is 7.39. The molecule has 0 aliphatic heterocycles. The Morgan fingerprint density at radius 2 is 1.88 bits per heavy atom. The molecule has 1 aromatic heterocycles. The Balaban J connectivity index is 2.13. The number of carbonyl (C=O) groups excluding carboxylic acids is 1. The Morgan fingerprint density at radius 1 is 1.21 bits per heavy atom. The van der Waals surface area contributed by atoms with E-state index >= 15 is 0 Å². The maximum absolute atomic E-state index is 12.3. The summed E-state index contributed by atoms with van der Waals surface area (Å²) in [6, 6.07) is 7.61. The summed E-state index contributed by atoms with van der Waals surface area (Å²) >= 11 is 0. The molecule has 0 unspecified atom stereocenters. The average molecular weight is 348 g/mol. The SMILES string of the molecule is CC[C@@H](C)C(=O)Nc1ccc(S(=O)(=O)Nc2nccc(C)n2)cc1. The van der Waals surface area contributed by atoms with Crippen molar-refractivity contribution in [2.45, 2.75) is 32.1 Å². The molecule has 0 aliphatic rings. The van der Waals surface area contributed by atoms with E-state index in [1.165, 1.54) is 18.3 Å². The molecule has 1 atom stereocenters. The van der Waals surface area contributed by atoms with Crippen LogP contribution in [-0.4, -0.2) is 24.3 Å². The van der Waals surface area contributed by atoms with Gasteiger partial charge in [0.15, 0.2) is 0 Å². The van der Waals surface area contributed by atoms with Gasteiger partial charge in [-0.15, -0.1) is 0 Å². The third kappa shape index (κ3) is 4.51. The topological polar surface area (TPSA) is 101 Å². The van der Waals surface area contributed by atoms with Crippen molar-refractivity contribution in [2.24, 2.45) is 5.92 Å². The van der Waals surface area contributed by atoms with Gasteiger partial charge in [-0.05, 0) is 43.7 Å². The highest BCUT2D eigenvalue weighted by atomic mass is 32.2. The van der Waals surface area contributed by atoms with Crippen LogP contribution >= 0.6 is 0 Å². The molecule has 0 saturated heterocycles. The lowest BCUT2D eigenvalue weighted by Crippen LogP contribution is -2.19. The monoisotopic (exact) mass is 348 g/mol. The Morgan fingerprint density at radius 3 is 2.46 bits per heavy atom. The zero-order chi connectivity index (χ0) is 17.7. The molecule has 0 aliphatic carbocycles. The standard InChI is InChI=1S/C16H20N4O3S/c1-4-11(2)15(21)19-13-5-7-14(8-6-13)24(22,23)20-16-17-10-9-12(3)18-16/h5-11H,4H2,1-3H3,(H,19,21)(H,17,18,20)/t11-/m1/s1. The van der Waals surface area contributed by atoms with Gasteiger partial charge >= 0.3 is 0 Å². The molecule has 1 amide bonds. The van der Waals surface area contributed by atoms with Crippen molar-refractivity contribution in [2.75, 3.05) is 10.0 Å². The highest BCUT2D eigenvalue weighted by Gasteiger charge is 2.16. The third-order valence-corrected chi connectivity index (χ3v) is 4.86. The maximum Gasteiger partial charge on any atom is 0.264 e. The number of amides is 1. The molecule has 0 fully saturated rings.